The number of nitrogens with one attached hydrogen (secondary N) is 1. The average molecular weight is 425 g/mol. The largest absolute Gasteiger partial charge is 0.484 e. The van der Waals surface area contributed by atoms with Crippen molar-refractivity contribution in [2.24, 2.45) is 0 Å². The summed E-state index contributed by atoms with van der Waals surface area (Å²) in [5.74, 6) is -1.56. The van der Waals surface area contributed by atoms with Gasteiger partial charge in [-0.05, 0) is 24.3 Å². The van der Waals surface area contributed by atoms with Crippen LogP contribution in [0.2, 0.25) is 0 Å². The number of halogens is 3. The smallest absolute Gasteiger partial charge is 0.422 e. The van der Waals surface area contributed by atoms with Crippen LogP contribution in [0, 0.1) is 10.1 Å². The summed E-state index contributed by atoms with van der Waals surface area (Å²) in [5, 5.41) is 13.5. The van der Waals surface area contributed by atoms with Crippen LogP contribution in [0.25, 0.3) is 0 Å². The molecule has 0 saturated carbocycles. The summed E-state index contributed by atoms with van der Waals surface area (Å²) in [6.07, 6.45) is -4.69. The van der Waals surface area contributed by atoms with E-state index < -0.39 is 34.9 Å². The molecular formula is C19H18F3N3O5. The summed E-state index contributed by atoms with van der Waals surface area (Å²) in [6.45, 7) is -1.73. The minimum atomic E-state index is -4.60. The molecule has 1 N–H and O–H groups in total. The number of anilines is 1. The Bertz CT molecular complexity index is 919. The van der Waals surface area contributed by atoms with E-state index in [0.717, 1.165) is 18.2 Å². The van der Waals surface area contributed by atoms with Crippen molar-refractivity contribution in [2.75, 3.05) is 25.1 Å². The molecule has 0 saturated heterocycles. The van der Waals surface area contributed by atoms with Gasteiger partial charge in [0.05, 0.1) is 4.92 Å². The van der Waals surface area contributed by atoms with Crippen molar-refractivity contribution in [1.29, 1.82) is 0 Å². The molecule has 0 bridgehead atoms. The van der Waals surface area contributed by atoms with Crippen LogP contribution in [0.4, 0.5) is 24.5 Å². The van der Waals surface area contributed by atoms with Crippen molar-refractivity contribution in [3.05, 3.63) is 64.2 Å². The number of hydrogen-bond acceptors (Lipinski definition) is 5. The third kappa shape index (κ3) is 6.47. The third-order valence-electron chi connectivity index (χ3n) is 3.95. The molecule has 0 aliphatic rings. The first kappa shape index (κ1) is 22.7. The molecular weight excluding hydrogens is 407 g/mol. The topological polar surface area (TPSA) is 102 Å². The Morgan fingerprint density at radius 2 is 1.83 bits per heavy atom. The Morgan fingerprint density at radius 1 is 1.17 bits per heavy atom. The number of rotatable bonds is 8. The fraction of sp³-hybridized carbons (Fsp3) is 0.263. The first-order valence-electron chi connectivity index (χ1n) is 8.66. The molecule has 0 aliphatic carbocycles. The molecule has 2 rings (SSSR count). The number of alkyl halides is 3. The van der Waals surface area contributed by atoms with Gasteiger partial charge in [0.1, 0.15) is 11.3 Å². The molecule has 0 aliphatic heterocycles. The van der Waals surface area contributed by atoms with Gasteiger partial charge in [0.15, 0.2) is 6.61 Å². The molecule has 2 aromatic rings. The molecule has 160 valence electrons. The lowest BCUT2D eigenvalue weighted by Gasteiger charge is -2.17. The monoisotopic (exact) mass is 425 g/mol. The molecule has 2 aromatic carbocycles. The fourth-order valence-corrected chi connectivity index (χ4v) is 2.45. The maximum Gasteiger partial charge on any atom is 0.422 e. The average Bonchev–Trinajstić information content (AvgIpc) is 2.71. The van der Waals surface area contributed by atoms with Gasteiger partial charge in [-0.2, -0.15) is 13.2 Å². The van der Waals surface area contributed by atoms with Gasteiger partial charge in [0.2, 0.25) is 5.91 Å². The van der Waals surface area contributed by atoms with Crippen LogP contribution in [0.3, 0.4) is 0 Å². The molecule has 0 heterocycles. The predicted molar refractivity (Wildman–Crippen MR) is 101 cm³/mol. The summed E-state index contributed by atoms with van der Waals surface area (Å²) in [6, 6.07) is 11.5. The van der Waals surface area contributed by atoms with Crippen LogP contribution in [0.5, 0.6) is 5.75 Å². The number of benzene rings is 2. The lowest BCUT2D eigenvalue weighted by Crippen LogP contribution is -2.32. The number of carbonyl (C=O) groups excluding carboxylic acids is 2. The van der Waals surface area contributed by atoms with Crippen molar-refractivity contribution in [3.8, 4) is 5.75 Å². The molecule has 8 nitrogen and oxygen atoms in total. The van der Waals surface area contributed by atoms with Crippen LogP contribution >= 0.6 is 0 Å². The number of ether oxygens (including phenoxy) is 1. The third-order valence-corrected chi connectivity index (χ3v) is 3.95. The summed E-state index contributed by atoms with van der Waals surface area (Å²) in [5.41, 5.74) is -0.415. The van der Waals surface area contributed by atoms with E-state index in [-0.39, 0.29) is 24.6 Å². The second kappa shape index (κ2) is 9.72. The highest BCUT2D eigenvalue weighted by molar-refractivity contribution is 5.99. The van der Waals surface area contributed by atoms with E-state index in [2.05, 4.69) is 10.1 Å². The van der Waals surface area contributed by atoms with E-state index in [1.165, 1.54) is 4.90 Å². The number of carbonyl (C=O) groups is 2. The molecule has 30 heavy (non-hydrogen) atoms. The molecule has 0 unspecified atom stereocenters. The molecule has 0 spiro atoms. The highest BCUT2D eigenvalue weighted by atomic mass is 19.4. The van der Waals surface area contributed by atoms with Crippen molar-refractivity contribution in [1.82, 2.24) is 5.32 Å². The molecule has 0 atom stereocenters. The van der Waals surface area contributed by atoms with Gasteiger partial charge in [-0.25, -0.2) is 0 Å². The number of hydrogen-bond donors (Lipinski definition) is 1. The maximum atomic E-state index is 12.3. The van der Waals surface area contributed by atoms with Gasteiger partial charge in [0.25, 0.3) is 11.6 Å². The number of nitro benzene ring substituents is 1. The quantitative estimate of drug-likeness (QED) is 0.516. The first-order chi connectivity index (χ1) is 14.1. The Kier molecular flexibility index (Phi) is 7.34. The van der Waals surface area contributed by atoms with Gasteiger partial charge < -0.3 is 15.0 Å². The van der Waals surface area contributed by atoms with Crippen molar-refractivity contribution >= 4 is 23.2 Å². The summed E-state index contributed by atoms with van der Waals surface area (Å²) < 4.78 is 41.4. The van der Waals surface area contributed by atoms with Gasteiger partial charge in [0, 0.05) is 31.8 Å². The van der Waals surface area contributed by atoms with E-state index >= 15 is 0 Å². The van der Waals surface area contributed by atoms with Crippen LogP contribution < -0.4 is 15.0 Å². The molecule has 2 amide bonds. The van der Waals surface area contributed by atoms with E-state index in [1.807, 2.05) is 0 Å². The normalized spacial score (nSPS) is 10.9. The highest BCUT2D eigenvalue weighted by Crippen LogP contribution is 2.26. The number of para-hydroxylation sites is 1. The van der Waals surface area contributed by atoms with Gasteiger partial charge in [-0.15, -0.1) is 0 Å². The van der Waals surface area contributed by atoms with Gasteiger partial charge in [-0.1, -0.05) is 18.2 Å². The van der Waals surface area contributed by atoms with E-state index in [0.29, 0.717) is 5.69 Å². The Morgan fingerprint density at radius 3 is 2.43 bits per heavy atom. The number of amides is 2. The van der Waals surface area contributed by atoms with Crippen LogP contribution in [-0.2, 0) is 4.79 Å². The Hall–Kier alpha value is -3.63. The standard InChI is InChI=1S/C19H18F3N3O5/c1-24(13-5-3-2-4-6-13)17(26)9-10-23-18(27)15-11-14(30-12-19(20,21)22)7-8-16(15)25(28)29/h2-8,11H,9-10,12H2,1H3,(H,23,27). The van der Waals surface area contributed by atoms with Crippen LogP contribution in [-0.4, -0.2) is 43.1 Å². The minimum Gasteiger partial charge on any atom is -0.484 e. The van der Waals surface area contributed by atoms with Crippen LogP contribution in [0.15, 0.2) is 48.5 Å². The van der Waals surface area contributed by atoms with Gasteiger partial charge in [-0.3, -0.25) is 19.7 Å². The van der Waals surface area contributed by atoms with Crippen molar-refractivity contribution in [2.45, 2.75) is 12.6 Å². The summed E-state index contributed by atoms with van der Waals surface area (Å²) in [7, 11) is 1.56. The van der Waals surface area contributed by atoms with Crippen molar-refractivity contribution in [3.63, 3.8) is 0 Å². The van der Waals surface area contributed by atoms with Gasteiger partial charge >= 0.3 is 6.18 Å². The van der Waals surface area contributed by atoms with Crippen LogP contribution in [0.1, 0.15) is 16.8 Å². The first-order valence-corrected chi connectivity index (χ1v) is 8.66. The zero-order valence-corrected chi connectivity index (χ0v) is 15.8. The number of nitrogens with zero attached hydrogens (tertiary/aromatic N) is 2. The zero-order valence-electron chi connectivity index (χ0n) is 15.8. The zero-order chi connectivity index (χ0) is 22.3. The second-order valence-corrected chi connectivity index (χ2v) is 6.13. The molecule has 0 fully saturated rings. The molecule has 0 aromatic heterocycles. The fourth-order valence-electron chi connectivity index (χ4n) is 2.45. The summed E-state index contributed by atoms with van der Waals surface area (Å²) in [4.78, 5) is 36.2. The lowest BCUT2D eigenvalue weighted by molar-refractivity contribution is -0.385. The second-order valence-electron chi connectivity index (χ2n) is 6.13. The van der Waals surface area contributed by atoms with E-state index in [1.54, 1.807) is 37.4 Å². The highest BCUT2D eigenvalue weighted by Gasteiger charge is 2.29. The Labute approximate surface area is 169 Å². The van der Waals surface area contributed by atoms with E-state index in [9.17, 15) is 32.9 Å². The maximum absolute atomic E-state index is 12.3. The SMILES string of the molecule is CN(C(=O)CCNC(=O)c1cc(OCC(F)(F)F)ccc1[N+](=O)[O-])c1ccccc1. The number of nitro groups is 1. The van der Waals surface area contributed by atoms with E-state index in [4.69, 9.17) is 0 Å². The lowest BCUT2D eigenvalue weighted by atomic mass is 10.1. The molecule has 11 heteroatoms. The minimum absolute atomic E-state index is 0.0881. The predicted octanol–water partition coefficient (Wildman–Crippen LogP) is 3.32. The van der Waals surface area contributed by atoms with Crippen molar-refractivity contribution < 1.29 is 32.4 Å². The summed E-state index contributed by atoms with van der Waals surface area (Å²) >= 11 is 0. The molecule has 0 radical (unpaired) electrons. The Balaban J connectivity index is 2.02.